The first-order chi connectivity index (χ1) is 14.7. The van der Waals surface area contributed by atoms with Crippen LogP contribution in [0.2, 0.25) is 0 Å². The number of hydrogen-bond acceptors (Lipinski definition) is 6. The van der Waals surface area contributed by atoms with Gasteiger partial charge in [-0.15, -0.1) is 0 Å². The maximum Gasteiger partial charge on any atom is 0.276 e. The van der Waals surface area contributed by atoms with Crippen LogP contribution in [0.25, 0.3) is 10.9 Å². The van der Waals surface area contributed by atoms with Crippen molar-refractivity contribution in [2.24, 2.45) is 0 Å². The number of fused-ring (bicyclic) bond motifs is 2. The summed E-state index contributed by atoms with van der Waals surface area (Å²) in [5, 5.41) is 4.33. The summed E-state index contributed by atoms with van der Waals surface area (Å²) < 4.78 is 0. The smallest absolute Gasteiger partial charge is 0.276 e. The number of carbonyl (C=O) groups excluding carboxylic acids is 2. The van der Waals surface area contributed by atoms with Gasteiger partial charge in [-0.2, -0.15) is 0 Å². The van der Waals surface area contributed by atoms with Crippen molar-refractivity contribution in [3.8, 4) is 0 Å². The first kappa shape index (κ1) is 18.4. The van der Waals surface area contributed by atoms with Crippen LogP contribution in [-0.4, -0.2) is 38.2 Å². The second kappa shape index (κ2) is 7.64. The van der Waals surface area contributed by atoms with E-state index in [0.29, 0.717) is 36.0 Å². The summed E-state index contributed by atoms with van der Waals surface area (Å²) in [6.07, 6.45) is 2.22. The average molecular weight is 415 g/mol. The van der Waals surface area contributed by atoms with Crippen molar-refractivity contribution in [3.05, 3.63) is 82.8 Å². The van der Waals surface area contributed by atoms with E-state index in [4.69, 9.17) is 0 Å². The van der Waals surface area contributed by atoms with Crippen LogP contribution >= 0.6 is 11.3 Å². The van der Waals surface area contributed by atoms with E-state index >= 15 is 0 Å². The van der Waals surface area contributed by atoms with Gasteiger partial charge < -0.3 is 4.90 Å². The summed E-state index contributed by atoms with van der Waals surface area (Å²) in [4.78, 5) is 41.2. The molecule has 0 fully saturated rings. The summed E-state index contributed by atoms with van der Waals surface area (Å²) in [6.45, 7) is 1.03. The maximum atomic E-state index is 13.0. The average Bonchev–Trinajstić information content (AvgIpc) is 3.20. The van der Waals surface area contributed by atoms with Crippen molar-refractivity contribution in [2.75, 3.05) is 11.9 Å². The summed E-state index contributed by atoms with van der Waals surface area (Å²) in [5.41, 5.74) is 2.50. The molecule has 0 unspecified atom stereocenters. The molecule has 7 nitrogen and oxygen atoms in total. The predicted molar refractivity (Wildman–Crippen MR) is 114 cm³/mol. The van der Waals surface area contributed by atoms with E-state index in [9.17, 15) is 9.59 Å². The molecule has 0 spiro atoms. The van der Waals surface area contributed by atoms with Crippen LogP contribution < -0.4 is 5.32 Å². The number of carbonyl (C=O) groups is 2. The number of hydrogen-bond donors (Lipinski definition) is 1. The number of anilines is 1. The topological polar surface area (TPSA) is 88.1 Å². The number of nitrogens with zero attached hydrogens (tertiary/aromatic N) is 4. The highest BCUT2D eigenvalue weighted by atomic mass is 32.1. The van der Waals surface area contributed by atoms with Crippen molar-refractivity contribution in [3.63, 3.8) is 0 Å². The van der Waals surface area contributed by atoms with E-state index in [1.54, 1.807) is 35.4 Å². The number of aromatic nitrogens is 3. The number of para-hydroxylation sites is 1. The quantitative estimate of drug-likeness (QED) is 0.553. The van der Waals surface area contributed by atoms with E-state index in [-0.39, 0.29) is 11.8 Å². The van der Waals surface area contributed by atoms with Gasteiger partial charge in [0.1, 0.15) is 11.4 Å². The lowest BCUT2D eigenvalue weighted by molar-refractivity contribution is 0.0730. The Morgan fingerprint density at radius 1 is 0.967 bits per heavy atom. The molecule has 1 aromatic carbocycles. The molecule has 0 radical (unpaired) electrons. The lowest BCUT2D eigenvalue weighted by Gasteiger charge is -2.25. The zero-order valence-electron chi connectivity index (χ0n) is 15.9. The van der Waals surface area contributed by atoms with Crippen LogP contribution in [0.5, 0.6) is 0 Å². The molecule has 0 bridgehead atoms. The monoisotopic (exact) mass is 415 g/mol. The zero-order chi connectivity index (χ0) is 20.5. The molecule has 1 aliphatic heterocycles. The first-order valence-corrected chi connectivity index (χ1v) is 10.3. The van der Waals surface area contributed by atoms with Crippen molar-refractivity contribution >= 4 is 39.2 Å². The fraction of sp³-hybridized carbons (Fsp3) is 0.136. The van der Waals surface area contributed by atoms with Crippen LogP contribution in [-0.2, 0) is 13.0 Å². The number of amides is 2. The van der Waals surface area contributed by atoms with Crippen LogP contribution in [0.1, 0.15) is 31.5 Å². The molecule has 0 aliphatic carbocycles. The van der Waals surface area contributed by atoms with Crippen LogP contribution in [0, 0.1) is 0 Å². The Morgan fingerprint density at radius 2 is 1.83 bits per heavy atom. The molecule has 4 aromatic rings. The van der Waals surface area contributed by atoms with Crippen molar-refractivity contribution in [1.82, 2.24) is 19.9 Å². The summed E-state index contributed by atoms with van der Waals surface area (Å²) >= 11 is 1.39. The predicted octanol–water partition coefficient (Wildman–Crippen LogP) is 3.54. The van der Waals surface area contributed by atoms with E-state index in [2.05, 4.69) is 20.3 Å². The number of rotatable bonds is 3. The fourth-order valence-electron chi connectivity index (χ4n) is 3.43. The number of nitrogens with one attached hydrogen (secondary N) is 1. The lowest BCUT2D eigenvalue weighted by atomic mass is 10.1. The van der Waals surface area contributed by atoms with E-state index in [1.165, 1.54) is 11.3 Å². The third kappa shape index (κ3) is 3.53. The number of pyridine rings is 2. The summed E-state index contributed by atoms with van der Waals surface area (Å²) in [5.74, 6) is -0.395. The highest BCUT2D eigenvalue weighted by molar-refractivity contribution is 7.15. The molecule has 30 heavy (non-hydrogen) atoms. The Kier molecular flexibility index (Phi) is 4.68. The third-order valence-corrected chi connectivity index (χ3v) is 5.95. The molecule has 0 saturated heterocycles. The molecule has 1 aliphatic rings. The second-order valence-electron chi connectivity index (χ2n) is 6.92. The third-order valence-electron chi connectivity index (χ3n) is 4.95. The van der Waals surface area contributed by atoms with Gasteiger partial charge in [-0.05, 0) is 24.3 Å². The Bertz CT molecular complexity index is 1250. The normalized spacial score (nSPS) is 13.1. The summed E-state index contributed by atoms with van der Waals surface area (Å²) in [7, 11) is 0. The molecule has 4 heterocycles. The molecule has 0 atom stereocenters. The molecule has 5 rings (SSSR count). The van der Waals surface area contributed by atoms with Crippen molar-refractivity contribution in [2.45, 2.75) is 13.0 Å². The van der Waals surface area contributed by atoms with Gasteiger partial charge in [0, 0.05) is 29.4 Å². The molecule has 0 saturated carbocycles. The van der Waals surface area contributed by atoms with Gasteiger partial charge in [-0.3, -0.25) is 19.9 Å². The number of benzene rings is 1. The van der Waals surface area contributed by atoms with Crippen molar-refractivity contribution < 1.29 is 9.59 Å². The molecule has 3 aromatic heterocycles. The van der Waals surface area contributed by atoms with Gasteiger partial charge in [0.05, 0.1) is 17.8 Å². The van der Waals surface area contributed by atoms with Gasteiger partial charge in [0.15, 0.2) is 5.13 Å². The SMILES string of the molecule is O=C(Nc1nc2c(s1)CN(C(=O)c1ccc3ccccc3n1)CC2)c1ccccn1. The molecular formula is C22H17N5O2S. The lowest BCUT2D eigenvalue weighted by Crippen LogP contribution is -2.35. The van der Waals surface area contributed by atoms with Gasteiger partial charge in [-0.1, -0.05) is 41.7 Å². The van der Waals surface area contributed by atoms with E-state index in [1.807, 2.05) is 30.3 Å². The molecule has 1 N–H and O–H groups in total. The van der Waals surface area contributed by atoms with Crippen molar-refractivity contribution in [1.29, 1.82) is 0 Å². The van der Waals surface area contributed by atoms with Gasteiger partial charge in [0.25, 0.3) is 11.8 Å². The molecular weight excluding hydrogens is 398 g/mol. The molecule has 8 heteroatoms. The first-order valence-electron chi connectivity index (χ1n) is 9.53. The highest BCUT2D eigenvalue weighted by Gasteiger charge is 2.26. The Morgan fingerprint density at radius 3 is 2.70 bits per heavy atom. The minimum absolute atomic E-state index is 0.0983. The Hall–Kier alpha value is -3.65. The molecule has 2 amide bonds. The van der Waals surface area contributed by atoms with Crippen LogP contribution in [0.15, 0.2) is 60.8 Å². The minimum atomic E-state index is -0.296. The standard InChI is InChI=1S/C22H17N5O2S/c28-20(17-7-3-4-11-23-17)26-22-25-16-10-12-27(13-19(16)30-22)21(29)18-9-8-14-5-1-2-6-15(14)24-18/h1-9,11H,10,12-13H2,(H,25,26,28). The van der Waals surface area contributed by atoms with Gasteiger partial charge in [-0.25, -0.2) is 9.97 Å². The summed E-state index contributed by atoms with van der Waals surface area (Å²) in [6, 6.07) is 16.6. The molecule has 148 valence electrons. The Balaban J connectivity index is 1.32. The Labute approximate surface area is 176 Å². The largest absolute Gasteiger partial charge is 0.332 e. The van der Waals surface area contributed by atoms with Crippen LogP contribution in [0.3, 0.4) is 0 Å². The van der Waals surface area contributed by atoms with E-state index < -0.39 is 0 Å². The zero-order valence-corrected chi connectivity index (χ0v) is 16.7. The fourth-order valence-corrected chi connectivity index (χ4v) is 4.45. The highest BCUT2D eigenvalue weighted by Crippen LogP contribution is 2.29. The van der Waals surface area contributed by atoms with Gasteiger partial charge in [0.2, 0.25) is 0 Å². The maximum absolute atomic E-state index is 13.0. The van der Waals surface area contributed by atoms with E-state index in [0.717, 1.165) is 21.5 Å². The van der Waals surface area contributed by atoms with Gasteiger partial charge >= 0.3 is 0 Å². The number of thiazole rings is 1. The second-order valence-corrected chi connectivity index (χ2v) is 8.01. The minimum Gasteiger partial charge on any atom is -0.332 e. The van der Waals surface area contributed by atoms with Crippen LogP contribution in [0.4, 0.5) is 5.13 Å².